The average molecular weight is 414 g/mol. The first kappa shape index (κ1) is 22.4. The zero-order valence-electron chi connectivity index (χ0n) is 17.7. The van der Waals surface area contributed by atoms with Crippen LogP contribution < -0.4 is 0 Å². The highest BCUT2D eigenvalue weighted by molar-refractivity contribution is 5.71. The van der Waals surface area contributed by atoms with Gasteiger partial charge in [0.1, 0.15) is 18.5 Å². The van der Waals surface area contributed by atoms with E-state index in [1.807, 2.05) is 56.3 Å². The van der Waals surface area contributed by atoms with Gasteiger partial charge in [0.05, 0.1) is 18.1 Å². The molecule has 162 valence electrons. The van der Waals surface area contributed by atoms with Crippen molar-refractivity contribution in [2.45, 2.75) is 70.2 Å². The van der Waals surface area contributed by atoms with Crippen LogP contribution in [0.15, 0.2) is 54.1 Å². The minimum atomic E-state index is -0.843. The summed E-state index contributed by atoms with van der Waals surface area (Å²) in [6.07, 6.45) is 4.49. The van der Waals surface area contributed by atoms with Crippen molar-refractivity contribution in [2.75, 3.05) is 0 Å². The van der Waals surface area contributed by atoms with E-state index in [-0.39, 0.29) is 18.4 Å². The van der Waals surface area contributed by atoms with Crippen molar-refractivity contribution in [1.82, 2.24) is 0 Å². The van der Waals surface area contributed by atoms with Gasteiger partial charge in [-0.2, -0.15) is 0 Å². The van der Waals surface area contributed by atoms with Crippen LogP contribution in [0.2, 0.25) is 0 Å². The number of fused-ring (bicyclic) bond motifs is 1. The summed E-state index contributed by atoms with van der Waals surface area (Å²) in [7, 11) is 0. The van der Waals surface area contributed by atoms with Crippen LogP contribution in [0.25, 0.3) is 0 Å². The third kappa shape index (κ3) is 5.25. The quantitative estimate of drug-likeness (QED) is 0.352. The third-order valence-corrected chi connectivity index (χ3v) is 5.80. The molecule has 0 spiro atoms. The van der Waals surface area contributed by atoms with E-state index < -0.39 is 30.1 Å². The number of aldehydes is 1. The topological polar surface area (TPSA) is 82.1 Å². The van der Waals surface area contributed by atoms with Crippen LogP contribution in [0.4, 0.5) is 0 Å². The number of aliphatic hydroxyl groups is 1. The Kier molecular flexibility index (Phi) is 7.23. The molecule has 6 heteroatoms. The van der Waals surface area contributed by atoms with Crippen LogP contribution in [-0.2, 0) is 23.8 Å². The van der Waals surface area contributed by atoms with Gasteiger partial charge in [-0.25, -0.2) is 0 Å². The summed E-state index contributed by atoms with van der Waals surface area (Å²) in [6, 6.07) is 9.73. The molecule has 2 heterocycles. The smallest absolute Gasteiger partial charge is 0.309 e. The van der Waals surface area contributed by atoms with Crippen molar-refractivity contribution >= 4 is 12.3 Å². The van der Waals surface area contributed by atoms with Gasteiger partial charge < -0.3 is 19.3 Å². The minimum Gasteiger partial charge on any atom is -0.457 e. The number of cyclic esters (lactones) is 1. The minimum absolute atomic E-state index is 0.106. The van der Waals surface area contributed by atoms with Gasteiger partial charge in [0.2, 0.25) is 0 Å². The summed E-state index contributed by atoms with van der Waals surface area (Å²) < 4.78 is 18.1. The predicted molar refractivity (Wildman–Crippen MR) is 111 cm³/mol. The second-order valence-corrected chi connectivity index (χ2v) is 8.33. The third-order valence-electron chi connectivity index (χ3n) is 5.80. The molecule has 2 aliphatic rings. The van der Waals surface area contributed by atoms with E-state index in [9.17, 15) is 14.7 Å². The lowest BCUT2D eigenvalue weighted by Crippen LogP contribution is -2.37. The van der Waals surface area contributed by atoms with Crippen LogP contribution in [0.3, 0.4) is 0 Å². The molecule has 0 saturated carbocycles. The zero-order valence-corrected chi connectivity index (χ0v) is 17.7. The van der Waals surface area contributed by atoms with Gasteiger partial charge in [-0.05, 0) is 38.3 Å². The first-order valence-corrected chi connectivity index (χ1v) is 10.4. The molecule has 1 saturated heterocycles. The number of rotatable bonds is 3. The number of hydrogen-bond acceptors (Lipinski definition) is 6. The SMILES string of the molecule is C/C(=C\C=O)[C@H]1OC(=O)C[C@H](O)CC[C@@]2(C)O[C@@H](c3ccccc3)O[C@H]2/C=C/[C@@H]1C. The maximum atomic E-state index is 12.3. The Morgan fingerprint density at radius 1 is 1.23 bits per heavy atom. The standard InChI is InChI=1S/C24H30O6/c1-16-9-10-20-24(3,30-23(28-20)18-7-5-4-6-8-18)13-11-19(26)15-21(27)29-22(16)17(2)12-14-25/h4-10,12,14,16,19-20,22-23,26H,11,13,15H2,1-3H3/b10-9+,17-12+/t16-,19+,20-,22-,23-,24+/m0/s1. The van der Waals surface area contributed by atoms with E-state index in [2.05, 4.69) is 0 Å². The fraction of sp³-hybridized carbons (Fsp3) is 0.500. The largest absolute Gasteiger partial charge is 0.457 e. The number of allylic oxidation sites excluding steroid dienone is 1. The zero-order chi connectivity index (χ0) is 21.7. The highest BCUT2D eigenvalue weighted by atomic mass is 16.7. The van der Waals surface area contributed by atoms with Crippen molar-refractivity contribution < 1.29 is 28.9 Å². The van der Waals surface area contributed by atoms with Crippen molar-refractivity contribution in [3.63, 3.8) is 0 Å². The Morgan fingerprint density at radius 2 is 1.97 bits per heavy atom. The summed E-state index contributed by atoms with van der Waals surface area (Å²) in [6.45, 7) is 5.64. The number of hydrogen-bond donors (Lipinski definition) is 1. The number of carbonyl (C=O) groups excluding carboxylic acids is 2. The molecule has 6 atom stereocenters. The van der Waals surface area contributed by atoms with Crippen molar-refractivity contribution in [2.24, 2.45) is 5.92 Å². The van der Waals surface area contributed by atoms with Crippen molar-refractivity contribution in [3.8, 4) is 0 Å². The number of benzene rings is 1. The number of carbonyl (C=O) groups is 2. The lowest BCUT2D eigenvalue weighted by atomic mass is 9.89. The molecular weight excluding hydrogens is 384 g/mol. The monoisotopic (exact) mass is 414 g/mol. The fourth-order valence-electron chi connectivity index (χ4n) is 3.95. The Balaban J connectivity index is 1.90. The Morgan fingerprint density at radius 3 is 2.67 bits per heavy atom. The molecule has 1 fully saturated rings. The lowest BCUT2D eigenvalue weighted by Gasteiger charge is -2.30. The van der Waals surface area contributed by atoms with E-state index in [4.69, 9.17) is 14.2 Å². The Labute approximate surface area is 177 Å². The average Bonchev–Trinajstić information content (AvgIpc) is 3.06. The summed E-state index contributed by atoms with van der Waals surface area (Å²) in [4.78, 5) is 23.3. The molecule has 6 nitrogen and oxygen atoms in total. The number of ether oxygens (including phenoxy) is 3. The number of aliphatic hydroxyl groups excluding tert-OH is 1. The highest BCUT2D eigenvalue weighted by Gasteiger charge is 2.45. The maximum Gasteiger partial charge on any atom is 0.309 e. The molecule has 0 aromatic heterocycles. The normalized spacial score (nSPS) is 36.7. The molecule has 0 unspecified atom stereocenters. The van der Waals surface area contributed by atoms with E-state index in [0.717, 1.165) is 5.56 Å². The van der Waals surface area contributed by atoms with Crippen molar-refractivity contribution in [3.05, 3.63) is 59.7 Å². The first-order chi connectivity index (χ1) is 14.3. The molecule has 1 aromatic carbocycles. The van der Waals surface area contributed by atoms with E-state index in [1.54, 1.807) is 6.92 Å². The second kappa shape index (κ2) is 9.69. The van der Waals surface area contributed by atoms with Gasteiger partial charge in [-0.15, -0.1) is 0 Å². The molecular formula is C24H30O6. The molecule has 0 radical (unpaired) electrons. The van der Waals surface area contributed by atoms with E-state index in [0.29, 0.717) is 24.7 Å². The van der Waals surface area contributed by atoms with Gasteiger partial charge in [0.25, 0.3) is 0 Å². The summed E-state index contributed by atoms with van der Waals surface area (Å²) in [5.41, 5.74) is 0.929. The highest BCUT2D eigenvalue weighted by Crippen LogP contribution is 2.42. The molecule has 1 aromatic rings. The van der Waals surface area contributed by atoms with E-state index in [1.165, 1.54) is 6.08 Å². The maximum absolute atomic E-state index is 12.3. The number of esters is 1. The van der Waals surface area contributed by atoms with Crippen LogP contribution in [0, 0.1) is 5.92 Å². The van der Waals surface area contributed by atoms with Crippen LogP contribution in [-0.4, -0.2) is 41.3 Å². The van der Waals surface area contributed by atoms with Crippen molar-refractivity contribution in [1.29, 1.82) is 0 Å². The Bertz CT molecular complexity index is 801. The molecule has 0 bridgehead atoms. The molecule has 0 aliphatic carbocycles. The lowest BCUT2D eigenvalue weighted by molar-refractivity contribution is -0.151. The van der Waals surface area contributed by atoms with Gasteiger partial charge in [-0.1, -0.05) is 49.4 Å². The van der Waals surface area contributed by atoms with Gasteiger partial charge >= 0.3 is 5.97 Å². The fourth-order valence-corrected chi connectivity index (χ4v) is 3.95. The van der Waals surface area contributed by atoms with E-state index >= 15 is 0 Å². The summed E-state index contributed by atoms with van der Waals surface area (Å²) in [5, 5.41) is 10.4. The van der Waals surface area contributed by atoms with Crippen LogP contribution in [0.1, 0.15) is 51.9 Å². The molecule has 30 heavy (non-hydrogen) atoms. The van der Waals surface area contributed by atoms with Crippen LogP contribution in [0.5, 0.6) is 0 Å². The molecule has 1 N–H and O–H groups in total. The van der Waals surface area contributed by atoms with Gasteiger partial charge in [0.15, 0.2) is 6.29 Å². The molecule has 3 rings (SSSR count). The Hall–Kier alpha value is -2.28. The predicted octanol–water partition coefficient (Wildman–Crippen LogP) is 3.65. The van der Waals surface area contributed by atoms with Crippen LogP contribution >= 0.6 is 0 Å². The first-order valence-electron chi connectivity index (χ1n) is 10.4. The second-order valence-electron chi connectivity index (χ2n) is 8.33. The summed E-state index contributed by atoms with van der Waals surface area (Å²) in [5.74, 6) is -0.676. The summed E-state index contributed by atoms with van der Waals surface area (Å²) >= 11 is 0. The van der Waals surface area contributed by atoms with Gasteiger partial charge in [-0.3, -0.25) is 9.59 Å². The van der Waals surface area contributed by atoms with Gasteiger partial charge in [0, 0.05) is 11.5 Å². The molecule has 2 aliphatic heterocycles. The molecule has 0 amide bonds.